The second kappa shape index (κ2) is 6.07. The van der Waals surface area contributed by atoms with E-state index in [2.05, 4.69) is 15.1 Å². The number of rotatable bonds is 3. The third-order valence-corrected chi connectivity index (χ3v) is 3.53. The number of halogens is 1. The van der Waals surface area contributed by atoms with Crippen molar-refractivity contribution in [2.75, 3.05) is 44.7 Å². The zero-order valence-corrected chi connectivity index (χ0v) is 11.3. The van der Waals surface area contributed by atoms with E-state index in [0.29, 0.717) is 6.54 Å². The van der Waals surface area contributed by atoms with Crippen LogP contribution in [0.2, 0.25) is 5.02 Å². The van der Waals surface area contributed by atoms with Gasteiger partial charge in [-0.1, -0.05) is 23.7 Å². The van der Waals surface area contributed by atoms with Crippen molar-refractivity contribution in [1.82, 2.24) is 10.2 Å². The summed E-state index contributed by atoms with van der Waals surface area (Å²) in [6, 6.07) is 7.89. The molecule has 0 spiro atoms. The Hall–Kier alpha value is -1.26. The predicted octanol–water partition coefficient (Wildman–Crippen LogP) is 1.21. The minimum absolute atomic E-state index is 0.0705. The maximum atomic E-state index is 11.3. The number of anilines is 1. The SMILES string of the molecule is CNC(=O)CN1CCN(c2ccccc2Cl)CC1. The van der Waals surface area contributed by atoms with E-state index in [1.54, 1.807) is 7.05 Å². The maximum Gasteiger partial charge on any atom is 0.233 e. The average molecular weight is 268 g/mol. The Labute approximate surface area is 113 Å². The lowest BCUT2D eigenvalue weighted by atomic mass is 10.2. The van der Waals surface area contributed by atoms with Crippen LogP contribution in [0.5, 0.6) is 0 Å². The van der Waals surface area contributed by atoms with Crippen LogP contribution in [-0.2, 0) is 4.79 Å². The van der Waals surface area contributed by atoms with Gasteiger partial charge in [0.25, 0.3) is 0 Å². The van der Waals surface area contributed by atoms with Crippen molar-refractivity contribution >= 4 is 23.2 Å². The standard InChI is InChI=1S/C13H18ClN3O/c1-15-13(18)10-16-6-8-17(9-7-16)12-5-3-2-4-11(12)14/h2-5H,6-10H2,1H3,(H,15,18). The van der Waals surface area contributed by atoms with Crippen molar-refractivity contribution in [3.8, 4) is 0 Å². The van der Waals surface area contributed by atoms with E-state index in [1.807, 2.05) is 24.3 Å². The van der Waals surface area contributed by atoms with Gasteiger partial charge in [0, 0.05) is 33.2 Å². The summed E-state index contributed by atoms with van der Waals surface area (Å²) in [5.41, 5.74) is 1.08. The first-order valence-corrected chi connectivity index (χ1v) is 6.51. The molecule has 1 aromatic carbocycles. The van der Waals surface area contributed by atoms with E-state index >= 15 is 0 Å². The van der Waals surface area contributed by atoms with E-state index in [4.69, 9.17) is 11.6 Å². The van der Waals surface area contributed by atoms with Crippen molar-refractivity contribution in [2.45, 2.75) is 0 Å². The molecule has 1 N–H and O–H groups in total. The molecule has 1 aromatic rings. The first-order chi connectivity index (χ1) is 8.70. The van der Waals surface area contributed by atoms with Crippen LogP contribution in [0.15, 0.2) is 24.3 Å². The normalized spacial score (nSPS) is 16.7. The molecule has 1 amide bonds. The molecule has 1 saturated heterocycles. The monoisotopic (exact) mass is 267 g/mol. The van der Waals surface area contributed by atoms with Gasteiger partial charge in [-0.25, -0.2) is 0 Å². The van der Waals surface area contributed by atoms with Gasteiger partial charge in [0.2, 0.25) is 5.91 Å². The summed E-state index contributed by atoms with van der Waals surface area (Å²) in [5, 5.41) is 3.44. The first-order valence-electron chi connectivity index (χ1n) is 6.13. The zero-order chi connectivity index (χ0) is 13.0. The quantitative estimate of drug-likeness (QED) is 0.894. The van der Waals surface area contributed by atoms with Crippen LogP contribution in [0.1, 0.15) is 0 Å². The molecule has 0 radical (unpaired) electrons. The minimum Gasteiger partial charge on any atom is -0.368 e. The fourth-order valence-corrected chi connectivity index (χ4v) is 2.39. The lowest BCUT2D eigenvalue weighted by Crippen LogP contribution is -2.49. The smallest absolute Gasteiger partial charge is 0.233 e. The molecule has 0 bridgehead atoms. The Morgan fingerprint density at radius 2 is 1.94 bits per heavy atom. The second-order valence-corrected chi connectivity index (χ2v) is 4.79. The average Bonchev–Trinajstić information content (AvgIpc) is 2.40. The highest BCUT2D eigenvalue weighted by Gasteiger charge is 2.19. The number of hydrogen-bond donors (Lipinski definition) is 1. The highest BCUT2D eigenvalue weighted by molar-refractivity contribution is 6.33. The molecule has 0 aromatic heterocycles. The largest absolute Gasteiger partial charge is 0.368 e. The number of carbonyl (C=O) groups is 1. The van der Waals surface area contributed by atoms with Crippen molar-refractivity contribution in [2.24, 2.45) is 0 Å². The van der Waals surface area contributed by atoms with Crippen LogP contribution < -0.4 is 10.2 Å². The van der Waals surface area contributed by atoms with E-state index in [1.165, 1.54) is 0 Å². The summed E-state index contributed by atoms with van der Waals surface area (Å²) in [7, 11) is 1.67. The van der Waals surface area contributed by atoms with Crippen LogP contribution >= 0.6 is 11.6 Å². The van der Waals surface area contributed by atoms with Gasteiger partial charge in [0.05, 0.1) is 17.3 Å². The molecule has 5 heteroatoms. The zero-order valence-electron chi connectivity index (χ0n) is 10.5. The molecule has 98 valence electrons. The van der Waals surface area contributed by atoms with E-state index < -0.39 is 0 Å². The number of piperazine rings is 1. The summed E-state index contributed by atoms with van der Waals surface area (Å²) in [4.78, 5) is 15.7. The third kappa shape index (κ3) is 3.15. The van der Waals surface area contributed by atoms with E-state index in [0.717, 1.165) is 36.9 Å². The molecule has 1 aliphatic rings. The fraction of sp³-hybridized carbons (Fsp3) is 0.462. The number of amides is 1. The highest BCUT2D eigenvalue weighted by atomic mass is 35.5. The Morgan fingerprint density at radius 1 is 1.28 bits per heavy atom. The lowest BCUT2D eigenvalue weighted by molar-refractivity contribution is -0.121. The first kappa shape index (κ1) is 13.2. The van der Waals surface area contributed by atoms with Crippen molar-refractivity contribution in [1.29, 1.82) is 0 Å². The molecular formula is C13H18ClN3O. The molecule has 0 saturated carbocycles. The summed E-state index contributed by atoms with van der Waals surface area (Å²) < 4.78 is 0. The van der Waals surface area contributed by atoms with Gasteiger partial charge >= 0.3 is 0 Å². The van der Waals surface area contributed by atoms with Gasteiger partial charge in [0.15, 0.2) is 0 Å². The van der Waals surface area contributed by atoms with Crippen LogP contribution in [-0.4, -0.2) is 50.6 Å². The molecule has 4 nitrogen and oxygen atoms in total. The van der Waals surface area contributed by atoms with Crippen LogP contribution in [0.4, 0.5) is 5.69 Å². The summed E-state index contributed by atoms with van der Waals surface area (Å²) in [5.74, 6) is 0.0705. The number of carbonyl (C=O) groups excluding carboxylic acids is 1. The van der Waals surface area contributed by atoms with Crippen molar-refractivity contribution in [3.05, 3.63) is 29.3 Å². The molecule has 1 heterocycles. The summed E-state index contributed by atoms with van der Waals surface area (Å²) in [6.45, 7) is 4.06. The Morgan fingerprint density at radius 3 is 2.56 bits per heavy atom. The third-order valence-electron chi connectivity index (χ3n) is 3.21. The van der Waals surface area contributed by atoms with Gasteiger partial charge in [-0.3, -0.25) is 9.69 Å². The van der Waals surface area contributed by atoms with Crippen molar-refractivity contribution < 1.29 is 4.79 Å². The number of nitrogens with one attached hydrogen (secondary N) is 1. The van der Waals surface area contributed by atoms with Crippen LogP contribution in [0.3, 0.4) is 0 Å². The van der Waals surface area contributed by atoms with E-state index in [9.17, 15) is 4.79 Å². The lowest BCUT2D eigenvalue weighted by Gasteiger charge is -2.36. The van der Waals surface area contributed by atoms with Gasteiger partial charge in [-0.05, 0) is 12.1 Å². The molecule has 18 heavy (non-hydrogen) atoms. The molecular weight excluding hydrogens is 250 g/mol. The number of hydrogen-bond acceptors (Lipinski definition) is 3. The summed E-state index contributed by atoms with van der Waals surface area (Å²) >= 11 is 6.18. The molecule has 0 aliphatic carbocycles. The molecule has 2 rings (SSSR count). The second-order valence-electron chi connectivity index (χ2n) is 4.39. The Bertz CT molecular complexity index is 416. The van der Waals surface area contributed by atoms with Crippen LogP contribution in [0.25, 0.3) is 0 Å². The fourth-order valence-electron chi connectivity index (χ4n) is 2.14. The maximum absolute atomic E-state index is 11.3. The number of likely N-dealkylation sites (N-methyl/N-ethyl adjacent to an activating group) is 1. The van der Waals surface area contributed by atoms with Gasteiger partial charge in [-0.15, -0.1) is 0 Å². The minimum atomic E-state index is 0.0705. The predicted molar refractivity (Wildman–Crippen MR) is 74.2 cm³/mol. The van der Waals surface area contributed by atoms with E-state index in [-0.39, 0.29) is 5.91 Å². The van der Waals surface area contributed by atoms with Crippen molar-refractivity contribution in [3.63, 3.8) is 0 Å². The summed E-state index contributed by atoms with van der Waals surface area (Å²) in [6.07, 6.45) is 0. The van der Waals surface area contributed by atoms with Gasteiger partial charge in [-0.2, -0.15) is 0 Å². The van der Waals surface area contributed by atoms with Gasteiger partial charge < -0.3 is 10.2 Å². The number of para-hydroxylation sites is 1. The van der Waals surface area contributed by atoms with Gasteiger partial charge in [0.1, 0.15) is 0 Å². The molecule has 1 aliphatic heterocycles. The number of benzene rings is 1. The molecule has 0 atom stereocenters. The number of nitrogens with zero attached hydrogens (tertiary/aromatic N) is 2. The van der Waals surface area contributed by atoms with Crippen LogP contribution in [0, 0.1) is 0 Å². The Kier molecular flexibility index (Phi) is 4.44. The highest BCUT2D eigenvalue weighted by Crippen LogP contribution is 2.25. The Balaban J connectivity index is 1.91. The molecule has 1 fully saturated rings. The topological polar surface area (TPSA) is 35.6 Å². The molecule has 0 unspecified atom stereocenters.